The van der Waals surface area contributed by atoms with E-state index in [1.807, 2.05) is 31.0 Å². The van der Waals surface area contributed by atoms with Crippen molar-refractivity contribution in [1.82, 2.24) is 10.2 Å². The number of aryl methyl sites for hydroxylation is 1. The number of carbonyl (C=O) groups is 1. The molecule has 0 radical (unpaired) electrons. The van der Waals surface area contributed by atoms with Gasteiger partial charge in [-0.2, -0.15) is 0 Å². The molecule has 1 aromatic carbocycles. The lowest BCUT2D eigenvalue weighted by atomic mass is 10.0. The second-order valence-corrected chi connectivity index (χ2v) is 6.01. The SMILES string of the molecule is CN[C@H]1CCCN(C(=O)c2oc3ccc(Cl)cc3c2C)C1. The molecule has 112 valence electrons. The number of benzene rings is 1. The van der Waals surface area contributed by atoms with Crippen LogP contribution in [0.15, 0.2) is 22.6 Å². The van der Waals surface area contributed by atoms with Crippen molar-refractivity contribution in [1.29, 1.82) is 0 Å². The third-order valence-corrected chi connectivity index (χ3v) is 4.44. The molecule has 1 saturated heterocycles. The zero-order chi connectivity index (χ0) is 15.0. The fraction of sp³-hybridized carbons (Fsp3) is 0.438. The Kier molecular flexibility index (Phi) is 3.91. The molecule has 0 unspecified atom stereocenters. The normalized spacial score (nSPS) is 19.2. The second kappa shape index (κ2) is 5.70. The zero-order valence-electron chi connectivity index (χ0n) is 12.3. The summed E-state index contributed by atoms with van der Waals surface area (Å²) in [5.74, 6) is 0.406. The van der Waals surface area contributed by atoms with Gasteiger partial charge in [-0.1, -0.05) is 11.6 Å². The Balaban J connectivity index is 1.92. The van der Waals surface area contributed by atoms with E-state index in [-0.39, 0.29) is 5.91 Å². The van der Waals surface area contributed by atoms with Gasteiger partial charge in [-0.25, -0.2) is 0 Å². The third-order valence-electron chi connectivity index (χ3n) is 4.21. The molecule has 1 amide bonds. The largest absolute Gasteiger partial charge is 0.451 e. The monoisotopic (exact) mass is 306 g/mol. The highest BCUT2D eigenvalue weighted by Gasteiger charge is 2.27. The average molecular weight is 307 g/mol. The van der Waals surface area contributed by atoms with Gasteiger partial charge in [-0.15, -0.1) is 0 Å². The molecule has 1 aliphatic heterocycles. The molecule has 2 aromatic rings. The fourth-order valence-corrected chi connectivity index (χ4v) is 3.11. The van der Waals surface area contributed by atoms with E-state index in [0.29, 0.717) is 22.4 Å². The number of likely N-dealkylation sites (N-methyl/N-ethyl adjacent to an activating group) is 1. The maximum absolute atomic E-state index is 12.7. The Morgan fingerprint density at radius 1 is 1.48 bits per heavy atom. The van der Waals surface area contributed by atoms with Gasteiger partial charge in [0, 0.05) is 35.1 Å². The van der Waals surface area contributed by atoms with E-state index < -0.39 is 0 Å². The van der Waals surface area contributed by atoms with Crippen LogP contribution in [-0.4, -0.2) is 37.0 Å². The highest BCUT2D eigenvalue weighted by molar-refractivity contribution is 6.31. The molecule has 1 atom stereocenters. The van der Waals surface area contributed by atoms with E-state index in [1.165, 1.54) is 0 Å². The molecule has 1 aliphatic rings. The van der Waals surface area contributed by atoms with Crippen molar-refractivity contribution in [3.8, 4) is 0 Å². The first-order chi connectivity index (χ1) is 10.1. The van der Waals surface area contributed by atoms with Gasteiger partial charge in [-0.05, 0) is 45.0 Å². The van der Waals surface area contributed by atoms with Gasteiger partial charge in [0.25, 0.3) is 5.91 Å². The van der Waals surface area contributed by atoms with Crippen LogP contribution in [0.25, 0.3) is 11.0 Å². The number of carbonyl (C=O) groups excluding carboxylic acids is 1. The van der Waals surface area contributed by atoms with Crippen molar-refractivity contribution in [2.24, 2.45) is 0 Å². The lowest BCUT2D eigenvalue weighted by Crippen LogP contribution is -2.47. The standard InChI is InChI=1S/C16H19ClN2O2/c1-10-13-8-11(17)5-6-14(13)21-15(10)16(20)19-7-3-4-12(9-19)18-2/h5-6,8,12,18H,3-4,7,9H2,1-2H3/t12-/m0/s1. The molecular formula is C16H19ClN2O2. The van der Waals surface area contributed by atoms with Crippen LogP contribution in [0, 0.1) is 6.92 Å². The van der Waals surface area contributed by atoms with Crippen LogP contribution in [0.3, 0.4) is 0 Å². The number of furan rings is 1. The maximum Gasteiger partial charge on any atom is 0.289 e. The van der Waals surface area contributed by atoms with Crippen LogP contribution in [0.4, 0.5) is 0 Å². The summed E-state index contributed by atoms with van der Waals surface area (Å²) in [5.41, 5.74) is 1.58. The Labute approximate surface area is 129 Å². The van der Waals surface area contributed by atoms with Gasteiger partial charge in [0.05, 0.1) is 0 Å². The van der Waals surface area contributed by atoms with Crippen molar-refractivity contribution < 1.29 is 9.21 Å². The smallest absolute Gasteiger partial charge is 0.289 e. The van der Waals surface area contributed by atoms with Gasteiger partial charge < -0.3 is 14.6 Å². The van der Waals surface area contributed by atoms with E-state index >= 15 is 0 Å². The van der Waals surface area contributed by atoms with Crippen molar-refractivity contribution in [2.45, 2.75) is 25.8 Å². The topological polar surface area (TPSA) is 45.5 Å². The van der Waals surface area contributed by atoms with E-state index in [4.69, 9.17) is 16.0 Å². The molecule has 3 rings (SSSR count). The van der Waals surface area contributed by atoms with Crippen molar-refractivity contribution >= 4 is 28.5 Å². The lowest BCUT2D eigenvalue weighted by molar-refractivity contribution is 0.0667. The number of amides is 1. The van der Waals surface area contributed by atoms with Gasteiger partial charge >= 0.3 is 0 Å². The fourth-order valence-electron chi connectivity index (χ4n) is 2.94. The minimum Gasteiger partial charge on any atom is -0.451 e. The number of likely N-dealkylation sites (tertiary alicyclic amines) is 1. The molecule has 0 bridgehead atoms. The second-order valence-electron chi connectivity index (χ2n) is 5.58. The van der Waals surface area contributed by atoms with Crippen LogP contribution >= 0.6 is 11.6 Å². The number of halogens is 1. The Hall–Kier alpha value is -1.52. The molecule has 1 aromatic heterocycles. The summed E-state index contributed by atoms with van der Waals surface area (Å²) in [7, 11) is 1.94. The first-order valence-corrected chi connectivity index (χ1v) is 7.63. The van der Waals surface area contributed by atoms with Gasteiger partial charge in [-0.3, -0.25) is 4.79 Å². The number of hydrogen-bond donors (Lipinski definition) is 1. The highest BCUT2D eigenvalue weighted by Crippen LogP contribution is 2.29. The minimum absolute atomic E-state index is 0.0280. The summed E-state index contributed by atoms with van der Waals surface area (Å²) in [6.45, 7) is 3.43. The van der Waals surface area contributed by atoms with Crippen LogP contribution in [0.2, 0.25) is 5.02 Å². The summed E-state index contributed by atoms with van der Waals surface area (Å²) >= 11 is 6.02. The van der Waals surface area contributed by atoms with Crippen molar-refractivity contribution in [3.05, 3.63) is 34.5 Å². The molecule has 21 heavy (non-hydrogen) atoms. The Bertz CT molecular complexity index is 680. The number of nitrogens with zero attached hydrogens (tertiary/aromatic N) is 1. The molecule has 5 heteroatoms. The lowest BCUT2D eigenvalue weighted by Gasteiger charge is -2.32. The van der Waals surface area contributed by atoms with Crippen LogP contribution < -0.4 is 5.32 Å². The number of piperidine rings is 1. The number of nitrogens with one attached hydrogen (secondary N) is 1. The Morgan fingerprint density at radius 2 is 2.29 bits per heavy atom. The predicted molar refractivity (Wildman–Crippen MR) is 83.9 cm³/mol. The van der Waals surface area contributed by atoms with E-state index in [9.17, 15) is 4.79 Å². The van der Waals surface area contributed by atoms with E-state index in [0.717, 1.165) is 36.9 Å². The van der Waals surface area contributed by atoms with Crippen LogP contribution in [-0.2, 0) is 0 Å². The minimum atomic E-state index is -0.0280. The third kappa shape index (κ3) is 2.65. The van der Waals surface area contributed by atoms with Crippen LogP contribution in [0.1, 0.15) is 29.0 Å². The highest BCUT2D eigenvalue weighted by atomic mass is 35.5. The molecule has 2 heterocycles. The molecule has 1 N–H and O–H groups in total. The number of rotatable bonds is 2. The van der Waals surface area contributed by atoms with E-state index in [1.54, 1.807) is 6.07 Å². The zero-order valence-corrected chi connectivity index (χ0v) is 13.0. The van der Waals surface area contributed by atoms with Gasteiger partial charge in [0.2, 0.25) is 0 Å². The maximum atomic E-state index is 12.7. The molecule has 0 saturated carbocycles. The molecular weight excluding hydrogens is 288 g/mol. The summed E-state index contributed by atoms with van der Waals surface area (Å²) in [6.07, 6.45) is 2.12. The number of hydrogen-bond acceptors (Lipinski definition) is 3. The molecule has 0 aliphatic carbocycles. The quantitative estimate of drug-likeness (QED) is 0.926. The Morgan fingerprint density at radius 3 is 3.05 bits per heavy atom. The summed E-state index contributed by atoms with van der Waals surface area (Å²) in [4.78, 5) is 14.6. The molecule has 0 spiro atoms. The van der Waals surface area contributed by atoms with Gasteiger partial charge in [0.15, 0.2) is 5.76 Å². The van der Waals surface area contributed by atoms with E-state index in [2.05, 4.69) is 5.32 Å². The number of fused-ring (bicyclic) bond motifs is 1. The summed E-state index contributed by atoms with van der Waals surface area (Å²) < 4.78 is 5.77. The average Bonchev–Trinajstić information content (AvgIpc) is 2.83. The summed E-state index contributed by atoms with van der Waals surface area (Å²) in [5, 5.41) is 4.81. The van der Waals surface area contributed by atoms with Crippen molar-refractivity contribution in [2.75, 3.05) is 20.1 Å². The first kappa shape index (κ1) is 14.4. The first-order valence-electron chi connectivity index (χ1n) is 7.25. The van der Waals surface area contributed by atoms with Gasteiger partial charge in [0.1, 0.15) is 5.58 Å². The van der Waals surface area contributed by atoms with Crippen molar-refractivity contribution in [3.63, 3.8) is 0 Å². The molecule has 4 nitrogen and oxygen atoms in total. The summed E-state index contributed by atoms with van der Waals surface area (Å²) in [6, 6.07) is 5.80. The predicted octanol–water partition coefficient (Wildman–Crippen LogP) is 3.22. The van der Waals surface area contributed by atoms with Crippen LogP contribution in [0.5, 0.6) is 0 Å². The molecule has 1 fully saturated rings.